The molecule has 76 valence electrons. The molecule has 0 bridgehead atoms. The third-order valence-electron chi connectivity index (χ3n) is 1.76. The molecular weight excluding hydrogens is 188 g/mol. The number of benzene rings is 1. The van der Waals surface area contributed by atoms with Crippen LogP contribution in [-0.4, -0.2) is 8.32 Å². The molecule has 2 heteroatoms. The molecule has 0 aliphatic rings. The minimum Gasteiger partial charge on any atom is -0.544 e. The summed E-state index contributed by atoms with van der Waals surface area (Å²) in [7, 11) is -1.52. The Morgan fingerprint density at radius 1 is 1.21 bits per heavy atom. The summed E-state index contributed by atoms with van der Waals surface area (Å²) in [6.45, 7) is 12.5. The summed E-state index contributed by atoms with van der Waals surface area (Å²) in [6.07, 6.45) is 0. The molecule has 14 heavy (non-hydrogen) atoms. The molecule has 0 spiro atoms. The SMILES string of the molecule is C=C(C)c1ccccc1O[Si](C)(C)C. The standard InChI is InChI=1S/C12H18OSi/c1-10(2)11-8-6-7-9-12(11)13-14(3,4)5/h6-9H,1H2,2-5H3. The van der Waals surface area contributed by atoms with E-state index in [1.807, 2.05) is 25.1 Å². The van der Waals surface area contributed by atoms with E-state index in [9.17, 15) is 0 Å². The van der Waals surface area contributed by atoms with Crippen molar-refractivity contribution in [2.24, 2.45) is 0 Å². The quantitative estimate of drug-likeness (QED) is 0.681. The highest BCUT2D eigenvalue weighted by Gasteiger charge is 2.17. The minimum atomic E-state index is -1.52. The van der Waals surface area contributed by atoms with Gasteiger partial charge >= 0.3 is 0 Å². The number of hydrogen-bond donors (Lipinski definition) is 0. The first-order valence-corrected chi connectivity index (χ1v) is 8.25. The van der Waals surface area contributed by atoms with Gasteiger partial charge < -0.3 is 4.43 Å². The van der Waals surface area contributed by atoms with Gasteiger partial charge in [-0.15, -0.1) is 0 Å². The first kappa shape index (κ1) is 11.1. The maximum Gasteiger partial charge on any atom is 0.242 e. The maximum atomic E-state index is 5.97. The topological polar surface area (TPSA) is 9.23 Å². The number of hydrogen-bond acceptors (Lipinski definition) is 1. The second kappa shape index (κ2) is 4.01. The zero-order valence-corrected chi connectivity index (χ0v) is 10.4. The molecule has 1 aromatic rings. The highest BCUT2D eigenvalue weighted by molar-refractivity contribution is 6.70. The summed E-state index contributed by atoms with van der Waals surface area (Å²) < 4.78 is 5.97. The Morgan fingerprint density at radius 2 is 1.79 bits per heavy atom. The molecule has 0 aliphatic carbocycles. The lowest BCUT2D eigenvalue weighted by Gasteiger charge is -2.21. The van der Waals surface area contributed by atoms with Crippen LogP contribution in [0.15, 0.2) is 30.8 Å². The molecule has 0 heterocycles. The maximum absolute atomic E-state index is 5.97. The molecule has 0 atom stereocenters. The Kier molecular flexibility index (Phi) is 3.16. The van der Waals surface area contributed by atoms with Crippen LogP contribution in [0.4, 0.5) is 0 Å². The molecule has 0 unspecified atom stereocenters. The second-order valence-electron chi connectivity index (χ2n) is 4.49. The third kappa shape index (κ3) is 3.03. The van der Waals surface area contributed by atoms with E-state index in [-0.39, 0.29) is 0 Å². The van der Waals surface area contributed by atoms with Gasteiger partial charge in [0.05, 0.1) is 0 Å². The van der Waals surface area contributed by atoms with Crippen molar-refractivity contribution in [3.8, 4) is 5.75 Å². The van der Waals surface area contributed by atoms with Crippen molar-refractivity contribution >= 4 is 13.9 Å². The first-order chi connectivity index (χ1) is 6.40. The van der Waals surface area contributed by atoms with Gasteiger partial charge in [0.15, 0.2) is 0 Å². The minimum absolute atomic E-state index is 0.971. The first-order valence-electron chi connectivity index (χ1n) is 4.84. The van der Waals surface area contributed by atoms with Gasteiger partial charge in [-0.1, -0.05) is 24.8 Å². The number of rotatable bonds is 3. The Hall–Kier alpha value is -1.02. The van der Waals surface area contributed by atoms with Crippen molar-refractivity contribution in [1.82, 2.24) is 0 Å². The van der Waals surface area contributed by atoms with Crippen LogP contribution >= 0.6 is 0 Å². The highest BCUT2D eigenvalue weighted by atomic mass is 28.4. The highest BCUT2D eigenvalue weighted by Crippen LogP contribution is 2.26. The lowest BCUT2D eigenvalue weighted by molar-refractivity contribution is 0.556. The molecule has 0 N–H and O–H groups in total. The molecule has 1 aromatic carbocycles. The Labute approximate surface area is 87.5 Å². The van der Waals surface area contributed by atoms with E-state index in [2.05, 4.69) is 32.3 Å². The van der Waals surface area contributed by atoms with Crippen molar-refractivity contribution in [3.63, 3.8) is 0 Å². The average Bonchev–Trinajstić information content (AvgIpc) is 2.01. The molecule has 1 rings (SSSR count). The predicted octanol–water partition coefficient (Wildman–Crippen LogP) is 3.93. The van der Waals surface area contributed by atoms with Crippen LogP contribution in [0.3, 0.4) is 0 Å². The number of para-hydroxylation sites is 1. The average molecular weight is 206 g/mol. The van der Waals surface area contributed by atoms with Gasteiger partial charge in [0.1, 0.15) is 5.75 Å². The largest absolute Gasteiger partial charge is 0.544 e. The van der Waals surface area contributed by atoms with Crippen LogP contribution in [0, 0.1) is 0 Å². The van der Waals surface area contributed by atoms with Crippen molar-refractivity contribution in [3.05, 3.63) is 36.4 Å². The Morgan fingerprint density at radius 3 is 2.29 bits per heavy atom. The smallest absolute Gasteiger partial charge is 0.242 e. The fraction of sp³-hybridized carbons (Fsp3) is 0.333. The van der Waals surface area contributed by atoms with E-state index >= 15 is 0 Å². The lowest BCUT2D eigenvalue weighted by Crippen LogP contribution is -2.29. The molecule has 0 saturated heterocycles. The molecule has 0 aliphatic heterocycles. The molecule has 0 saturated carbocycles. The predicted molar refractivity (Wildman–Crippen MR) is 65.1 cm³/mol. The van der Waals surface area contributed by atoms with Crippen LogP contribution in [0.2, 0.25) is 19.6 Å². The summed E-state index contributed by atoms with van der Waals surface area (Å²) in [4.78, 5) is 0. The Bertz CT molecular complexity index is 336. The van der Waals surface area contributed by atoms with Gasteiger partial charge in [-0.2, -0.15) is 0 Å². The lowest BCUT2D eigenvalue weighted by atomic mass is 10.1. The summed E-state index contributed by atoms with van der Waals surface area (Å²) in [6, 6.07) is 8.09. The molecule has 0 aromatic heterocycles. The fourth-order valence-corrected chi connectivity index (χ4v) is 2.08. The number of allylic oxidation sites excluding steroid dienone is 1. The summed E-state index contributed by atoms with van der Waals surface area (Å²) in [5, 5.41) is 0. The van der Waals surface area contributed by atoms with E-state index < -0.39 is 8.32 Å². The van der Waals surface area contributed by atoms with E-state index in [1.54, 1.807) is 0 Å². The molecule has 0 amide bonds. The van der Waals surface area contributed by atoms with Crippen LogP contribution in [0.5, 0.6) is 5.75 Å². The van der Waals surface area contributed by atoms with Gasteiger partial charge in [0.25, 0.3) is 0 Å². The fourth-order valence-electron chi connectivity index (χ4n) is 1.24. The molecule has 1 nitrogen and oxygen atoms in total. The van der Waals surface area contributed by atoms with Crippen LogP contribution < -0.4 is 4.43 Å². The molecule has 0 radical (unpaired) electrons. The zero-order valence-electron chi connectivity index (χ0n) is 9.42. The van der Waals surface area contributed by atoms with Crippen molar-refractivity contribution in [1.29, 1.82) is 0 Å². The van der Waals surface area contributed by atoms with Crippen molar-refractivity contribution in [2.75, 3.05) is 0 Å². The Balaban J connectivity index is 3.02. The normalized spacial score (nSPS) is 11.1. The van der Waals surface area contributed by atoms with E-state index in [0.717, 1.165) is 16.9 Å². The van der Waals surface area contributed by atoms with Crippen LogP contribution in [-0.2, 0) is 0 Å². The summed E-state index contributed by atoms with van der Waals surface area (Å²) >= 11 is 0. The van der Waals surface area contributed by atoms with Crippen LogP contribution in [0.1, 0.15) is 12.5 Å². The van der Waals surface area contributed by atoms with Gasteiger partial charge in [-0.05, 0) is 38.2 Å². The van der Waals surface area contributed by atoms with Gasteiger partial charge in [-0.25, -0.2) is 0 Å². The van der Waals surface area contributed by atoms with Crippen molar-refractivity contribution < 1.29 is 4.43 Å². The van der Waals surface area contributed by atoms with E-state index in [0.29, 0.717) is 0 Å². The van der Waals surface area contributed by atoms with Gasteiger partial charge in [0.2, 0.25) is 8.32 Å². The molecule has 0 fully saturated rings. The third-order valence-corrected chi connectivity index (χ3v) is 2.60. The summed E-state index contributed by atoms with van der Waals surface area (Å²) in [5.41, 5.74) is 2.17. The van der Waals surface area contributed by atoms with Gasteiger partial charge in [-0.3, -0.25) is 0 Å². The molecular formula is C12H18OSi. The van der Waals surface area contributed by atoms with E-state index in [4.69, 9.17) is 4.43 Å². The second-order valence-corrected chi connectivity index (χ2v) is 8.92. The van der Waals surface area contributed by atoms with Crippen molar-refractivity contribution in [2.45, 2.75) is 26.6 Å². The van der Waals surface area contributed by atoms with E-state index in [1.165, 1.54) is 0 Å². The monoisotopic (exact) mass is 206 g/mol. The van der Waals surface area contributed by atoms with Crippen LogP contribution in [0.25, 0.3) is 5.57 Å². The summed E-state index contributed by atoms with van der Waals surface area (Å²) in [5.74, 6) is 0.971. The zero-order chi connectivity index (χ0) is 10.8. The van der Waals surface area contributed by atoms with Gasteiger partial charge in [0, 0.05) is 5.56 Å².